The summed E-state index contributed by atoms with van der Waals surface area (Å²) in [6.07, 6.45) is -0.0252. The predicted octanol–water partition coefficient (Wildman–Crippen LogP) is 2.69. The highest BCUT2D eigenvalue weighted by molar-refractivity contribution is 7.13. The van der Waals surface area contributed by atoms with Crippen molar-refractivity contribution in [3.05, 3.63) is 46.5 Å². The molecule has 94 valence electrons. The highest BCUT2D eigenvalue weighted by atomic mass is 32.1. The third-order valence-electron chi connectivity index (χ3n) is 2.41. The lowest BCUT2D eigenvalue weighted by Gasteiger charge is -2.03. The molecule has 18 heavy (non-hydrogen) atoms. The molecule has 0 amide bonds. The third-order valence-corrected chi connectivity index (χ3v) is 3.26. The summed E-state index contributed by atoms with van der Waals surface area (Å²) in [5, 5.41) is 14.4. The minimum absolute atomic E-state index is 0.0252. The Hall–Kier alpha value is -1.88. The van der Waals surface area contributed by atoms with Gasteiger partial charge in [-0.05, 0) is 12.5 Å². The molecule has 0 atom stereocenters. The maximum absolute atomic E-state index is 10.5. The van der Waals surface area contributed by atoms with E-state index >= 15 is 0 Å². The number of aryl methyl sites for hydroxylation is 1. The Morgan fingerprint density at radius 1 is 1.50 bits per heavy atom. The zero-order valence-electron chi connectivity index (χ0n) is 10.0. The van der Waals surface area contributed by atoms with Gasteiger partial charge in [0.15, 0.2) is 5.13 Å². The monoisotopic (exact) mass is 262 g/mol. The second-order valence-electron chi connectivity index (χ2n) is 4.06. The highest BCUT2D eigenvalue weighted by Crippen LogP contribution is 2.17. The summed E-state index contributed by atoms with van der Waals surface area (Å²) in [6.45, 7) is 2.75. The smallest absolute Gasteiger partial charge is 0.309 e. The highest BCUT2D eigenvalue weighted by Gasteiger charge is 2.05. The van der Waals surface area contributed by atoms with E-state index in [0.717, 1.165) is 5.13 Å². The molecule has 1 aromatic carbocycles. The maximum Gasteiger partial charge on any atom is 0.309 e. The van der Waals surface area contributed by atoms with Crippen LogP contribution >= 0.6 is 11.3 Å². The molecule has 2 rings (SSSR count). The molecule has 4 nitrogen and oxygen atoms in total. The van der Waals surface area contributed by atoms with Gasteiger partial charge in [-0.15, -0.1) is 11.3 Å². The van der Waals surface area contributed by atoms with Crippen molar-refractivity contribution in [2.45, 2.75) is 19.9 Å². The molecule has 5 heteroatoms. The fourth-order valence-electron chi connectivity index (χ4n) is 1.62. The number of nitrogens with zero attached hydrogens (tertiary/aromatic N) is 1. The van der Waals surface area contributed by atoms with Gasteiger partial charge in [-0.25, -0.2) is 4.98 Å². The summed E-state index contributed by atoms with van der Waals surface area (Å²) in [5.74, 6) is -0.856. The normalized spacial score (nSPS) is 10.3. The molecule has 2 aromatic rings. The van der Waals surface area contributed by atoms with E-state index in [1.807, 2.05) is 12.1 Å². The minimum Gasteiger partial charge on any atom is -0.481 e. The number of rotatable bonds is 5. The largest absolute Gasteiger partial charge is 0.481 e. The third kappa shape index (κ3) is 3.56. The standard InChI is InChI=1S/C13H14N2O2S/c1-9-3-2-4-10(5-9)7-14-13-15-11(8-18-13)6-12(16)17/h2-5,8H,6-7H2,1H3,(H,14,15)(H,16,17). The molecule has 0 radical (unpaired) electrons. The molecule has 0 spiro atoms. The van der Waals surface area contributed by atoms with Crippen molar-refractivity contribution >= 4 is 22.4 Å². The lowest BCUT2D eigenvalue weighted by molar-refractivity contribution is -0.136. The molecule has 0 aliphatic carbocycles. The van der Waals surface area contributed by atoms with Gasteiger partial charge in [0.2, 0.25) is 0 Å². The second kappa shape index (κ2) is 5.64. The van der Waals surface area contributed by atoms with Crippen LogP contribution in [0.25, 0.3) is 0 Å². The minimum atomic E-state index is -0.856. The number of carboxylic acids is 1. The lowest BCUT2D eigenvalue weighted by Crippen LogP contribution is -2.02. The van der Waals surface area contributed by atoms with Crippen LogP contribution in [0.5, 0.6) is 0 Å². The van der Waals surface area contributed by atoms with Gasteiger partial charge < -0.3 is 10.4 Å². The van der Waals surface area contributed by atoms with E-state index < -0.39 is 5.97 Å². The number of carbonyl (C=O) groups is 1. The van der Waals surface area contributed by atoms with Crippen molar-refractivity contribution in [1.82, 2.24) is 4.98 Å². The SMILES string of the molecule is Cc1cccc(CNc2nc(CC(=O)O)cs2)c1. The number of carboxylic acid groups (broad SMARTS) is 1. The van der Waals surface area contributed by atoms with E-state index in [1.54, 1.807) is 5.38 Å². The van der Waals surface area contributed by atoms with Crippen LogP contribution < -0.4 is 5.32 Å². The second-order valence-corrected chi connectivity index (χ2v) is 4.92. The zero-order chi connectivity index (χ0) is 13.0. The summed E-state index contributed by atoms with van der Waals surface area (Å²) in [6, 6.07) is 8.23. The fraction of sp³-hybridized carbons (Fsp3) is 0.231. The number of anilines is 1. The first-order valence-corrected chi connectivity index (χ1v) is 6.47. The van der Waals surface area contributed by atoms with Gasteiger partial charge >= 0.3 is 5.97 Å². The molecule has 0 saturated carbocycles. The van der Waals surface area contributed by atoms with Crippen LogP contribution in [-0.4, -0.2) is 16.1 Å². The van der Waals surface area contributed by atoms with Gasteiger partial charge in [-0.1, -0.05) is 29.8 Å². The summed E-state index contributed by atoms with van der Waals surface area (Å²) in [7, 11) is 0. The maximum atomic E-state index is 10.5. The summed E-state index contributed by atoms with van der Waals surface area (Å²) in [5.41, 5.74) is 3.00. The molecule has 1 heterocycles. The van der Waals surface area contributed by atoms with E-state index in [0.29, 0.717) is 12.2 Å². The molecule has 0 bridgehead atoms. The Bertz CT molecular complexity index is 551. The van der Waals surface area contributed by atoms with Gasteiger partial charge in [0, 0.05) is 11.9 Å². The molecule has 2 N–H and O–H groups in total. The van der Waals surface area contributed by atoms with Gasteiger partial charge in [0.1, 0.15) is 0 Å². The van der Waals surface area contributed by atoms with E-state index in [4.69, 9.17) is 5.11 Å². The van der Waals surface area contributed by atoms with Gasteiger partial charge in [0.25, 0.3) is 0 Å². The first-order chi connectivity index (χ1) is 8.63. The number of nitrogens with one attached hydrogen (secondary N) is 1. The van der Waals surface area contributed by atoms with Crippen LogP contribution in [0, 0.1) is 6.92 Å². The van der Waals surface area contributed by atoms with E-state index in [9.17, 15) is 4.79 Å². The van der Waals surface area contributed by atoms with E-state index in [1.165, 1.54) is 22.5 Å². The molecule has 0 saturated heterocycles. The first kappa shape index (κ1) is 12.6. The van der Waals surface area contributed by atoms with Crippen molar-refractivity contribution < 1.29 is 9.90 Å². The van der Waals surface area contributed by atoms with Crippen LogP contribution in [0.15, 0.2) is 29.6 Å². The van der Waals surface area contributed by atoms with Crippen molar-refractivity contribution in [3.8, 4) is 0 Å². The summed E-state index contributed by atoms with van der Waals surface area (Å²) < 4.78 is 0. The summed E-state index contributed by atoms with van der Waals surface area (Å²) >= 11 is 1.43. The first-order valence-electron chi connectivity index (χ1n) is 5.59. The Labute approximate surface area is 109 Å². The van der Waals surface area contributed by atoms with Crippen molar-refractivity contribution in [2.75, 3.05) is 5.32 Å². The van der Waals surface area contributed by atoms with Crippen LogP contribution in [0.2, 0.25) is 0 Å². The lowest BCUT2D eigenvalue weighted by atomic mass is 10.1. The number of hydrogen-bond donors (Lipinski definition) is 2. The van der Waals surface area contributed by atoms with Crippen molar-refractivity contribution in [3.63, 3.8) is 0 Å². The van der Waals surface area contributed by atoms with Gasteiger partial charge in [0.05, 0.1) is 12.1 Å². The van der Waals surface area contributed by atoms with E-state index in [-0.39, 0.29) is 6.42 Å². The van der Waals surface area contributed by atoms with Crippen LogP contribution in [0.4, 0.5) is 5.13 Å². The van der Waals surface area contributed by atoms with Crippen LogP contribution in [0.1, 0.15) is 16.8 Å². The predicted molar refractivity (Wildman–Crippen MR) is 72.0 cm³/mol. The molecule has 0 aliphatic rings. The Kier molecular flexibility index (Phi) is 3.94. The van der Waals surface area contributed by atoms with Gasteiger partial charge in [-0.2, -0.15) is 0 Å². The molecule has 0 unspecified atom stereocenters. The van der Waals surface area contributed by atoms with E-state index in [2.05, 4.69) is 29.4 Å². The van der Waals surface area contributed by atoms with Gasteiger partial charge in [-0.3, -0.25) is 4.79 Å². The number of hydrogen-bond acceptors (Lipinski definition) is 4. The fourth-order valence-corrected chi connectivity index (χ4v) is 2.33. The number of aromatic nitrogens is 1. The molecule has 0 aliphatic heterocycles. The topological polar surface area (TPSA) is 62.2 Å². The molecular weight excluding hydrogens is 248 g/mol. The Morgan fingerprint density at radius 3 is 3.06 bits per heavy atom. The number of thiazole rings is 1. The molecule has 1 aromatic heterocycles. The quantitative estimate of drug-likeness (QED) is 0.869. The van der Waals surface area contributed by atoms with Crippen molar-refractivity contribution in [2.24, 2.45) is 0 Å². The van der Waals surface area contributed by atoms with Crippen LogP contribution in [-0.2, 0) is 17.8 Å². The number of aliphatic carboxylic acids is 1. The molecular formula is C13H14N2O2S. The Morgan fingerprint density at radius 2 is 2.33 bits per heavy atom. The zero-order valence-corrected chi connectivity index (χ0v) is 10.8. The molecule has 0 fully saturated rings. The van der Waals surface area contributed by atoms with Crippen molar-refractivity contribution in [1.29, 1.82) is 0 Å². The van der Waals surface area contributed by atoms with Crippen LogP contribution in [0.3, 0.4) is 0 Å². The average Bonchev–Trinajstić information content (AvgIpc) is 2.73. The Balaban J connectivity index is 1.94. The number of benzene rings is 1. The summed E-state index contributed by atoms with van der Waals surface area (Å²) in [4.78, 5) is 14.8. The average molecular weight is 262 g/mol.